The van der Waals surface area contributed by atoms with E-state index in [1.54, 1.807) is 11.1 Å². The van der Waals surface area contributed by atoms with Crippen LogP contribution in [0.3, 0.4) is 0 Å². The molecule has 0 unspecified atom stereocenters. The van der Waals surface area contributed by atoms with Gasteiger partial charge < -0.3 is 15.0 Å². The summed E-state index contributed by atoms with van der Waals surface area (Å²) in [5, 5.41) is 3.47. The van der Waals surface area contributed by atoms with Crippen molar-refractivity contribution < 1.29 is 9.53 Å². The van der Waals surface area contributed by atoms with Gasteiger partial charge in [0.2, 0.25) is 0 Å². The number of carbonyl (C=O) groups excluding carboxylic acids is 1. The highest BCUT2D eigenvalue weighted by Gasteiger charge is 2.27. The van der Waals surface area contributed by atoms with Crippen LogP contribution in [0.1, 0.15) is 39.3 Å². The van der Waals surface area contributed by atoms with E-state index in [9.17, 15) is 4.79 Å². The minimum atomic E-state index is -0.439. The van der Waals surface area contributed by atoms with Crippen LogP contribution in [0.5, 0.6) is 0 Å². The molecule has 0 aromatic carbocycles. The smallest absolute Gasteiger partial charge is 0.410 e. The Kier molecular flexibility index (Phi) is 5.17. The number of piperidine rings is 1. The average molecular weight is 291 g/mol. The van der Waals surface area contributed by atoms with Gasteiger partial charge in [-0.2, -0.15) is 0 Å². The van der Waals surface area contributed by atoms with Gasteiger partial charge in [0.05, 0.1) is 5.69 Å². The Hall–Kier alpha value is -1.62. The second-order valence-electron chi connectivity index (χ2n) is 6.47. The Bertz CT molecular complexity index is 456. The second kappa shape index (κ2) is 6.89. The van der Waals surface area contributed by atoms with E-state index < -0.39 is 5.60 Å². The molecule has 1 aromatic rings. The predicted molar refractivity (Wildman–Crippen MR) is 81.9 cm³/mol. The highest BCUT2D eigenvalue weighted by Crippen LogP contribution is 2.15. The molecule has 116 valence electrons. The highest BCUT2D eigenvalue weighted by molar-refractivity contribution is 5.68. The number of aromatic nitrogens is 1. The Labute approximate surface area is 126 Å². The normalized spacial score (nSPS) is 19.4. The fourth-order valence-corrected chi connectivity index (χ4v) is 2.39. The Morgan fingerprint density at radius 1 is 1.48 bits per heavy atom. The van der Waals surface area contributed by atoms with E-state index in [-0.39, 0.29) is 6.09 Å². The second-order valence-corrected chi connectivity index (χ2v) is 6.47. The molecule has 21 heavy (non-hydrogen) atoms. The molecule has 2 rings (SSSR count). The number of likely N-dealkylation sites (tertiary alicyclic amines) is 1. The Balaban J connectivity index is 1.82. The fraction of sp³-hybridized carbons (Fsp3) is 0.625. The molecule has 2 heterocycles. The largest absolute Gasteiger partial charge is 0.444 e. The lowest BCUT2D eigenvalue weighted by atomic mass is 10.1. The molecule has 0 bridgehead atoms. The van der Waals surface area contributed by atoms with Crippen molar-refractivity contribution in [3.8, 4) is 0 Å². The summed E-state index contributed by atoms with van der Waals surface area (Å²) in [5.41, 5.74) is 0.581. The van der Waals surface area contributed by atoms with Gasteiger partial charge in [-0.05, 0) is 45.7 Å². The first-order chi connectivity index (χ1) is 9.94. The zero-order chi connectivity index (χ0) is 15.3. The quantitative estimate of drug-likeness (QED) is 0.930. The summed E-state index contributed by atoms with van der Waals surface area (Å²) < 4.78 is 5.44. The third-order valence-electron chi connectivity index (χ3n) is 3.37. The van der Waals surface area contributed by atoms with Crippen LogP contribution in [-0.4, -0.2) is 40.7 Å². The maximum Gasteiger partial charge on any atom is 0.410 e. The maximum atomic E-state index is 12.1. The molecular weight excluding hydrogens is 266 g/mol. The lowest BCUT2D eigenvalue weighted by Crippen LogP contribution is -2.49. The number of ether oxygens (including phenoxy) is 1. The number of hydrogen-bond acceptors (Lipinski definition) is 4. The van der Waals surface area contributed by atoms with E-state index in [1.165, 1.54) is 0 Å². The third-order valence-corrected chi connectivity index (χ3v) is 3.37. The van der Waals surface area contributed by atoms with Gasteiger partial charge in [-0.1, -0.05) is 6.07 Å². The molecule has 0 saturated carbocycles. The third kappa shape index (κ3) is 5.34. The van der Waals surface area contributed by atoms with E-state index in [2.05, 4.69) is 10.3 Å². The summed E-state index contributed by atoms with van der Waals surface area (Å²) in [6.07, 6.45) is 3.66. The lowest BCUT2D eigenvalue weighted by molar-refractivity contribution is 0.0187. The van der Waals surface area contributed by atoms with Gasteiger partial charge in [-0.25, -0.2) is 4.79 Å². The summed E-state index contributed by atoms with van der Waals surface area (Å²) >= 11 is 0. The van der Waals surface area contributed by atoms with Crippen molar-refractivity contribution in [3.05, 3.63) is 30.1 Å². The van der Waals surface area contributed by atoms with Gasteiger partial charge >= 0.3 is 6.09 Å². The first-order valence-electron chi connectivity index (χ1n) is 7.55. The summed E-state index contributed by atoms with van der Waals surface area (Å²) in [5.74, 6) is 0. The highest BCUT2D eigenvalue weighted by atomic mass is 16.6. The van der Waals surface area contributed by atoms with Crippen molar-refractivity contribution in [1.29, 1.82) is 0 Å². The zero-order valence-corrected chi connectivity index (χ0v) is 13.1. The monoisotopic (exact) mass is 291 g/mol. The first kappa shape index (κ1) is 15.8. The molecule has 0 radical (unpaired) electrons. The first-order valence-corrected chi connectivity index (χ1v) is 7.55. The lowest BCUT2D eigenvalue weighted by Gasteiger charge is -2.34. The molecule has 1 N–H and O–H groups in total. The number of carbonyl (C=O) groups is 1. The topological polar surface area (TPSA) is 54.5 Å². The maximum absolute atomic E-state index is 12.1. The van der Waals surface area contributed by atoms with Gasteiger partial charge in [0, 0.05) is 31.9 Å². The molecule has 1 aromatic heterocycles. The molecule has 1 aliphatic rings. The molecule has 1 aliphatic heterocycles. The number of amides is 1. The van der Waals surface area contributed by atoms with Crippen molar-refractivity contribution in [2.45, 2.75) is 51.8 Å². The molecule has 0 spiro atoms. The van der Waals surface area contributed by atoms with E-state index in [0.29, 0.717) is 12.6 Å². The number of pyridine rings is 1. The fourth-order valence-electron chi connectivity index (χ4n) is 2.39. The van der Waals surface area contributed by atoms with Crippen molar-refractivity contribution >= 4 is 6.09 Å². The summed E-state index contributed by atoms with van der Waals surface area (Å²) in [6, 6.07) is 6.20. The predicted octanol–water partition coefficient (Wildman–Crippen LogP) is 2.57. The van der Waals surface area contributed by atoms with E-state index >= 15 is 0 Å². The molecule has 1 atom stereocenters. The zero-order valence-electron chi connectivity index (χ0n) is 13.1. The van der Waals surface area contributed by atoms with E-state index in [1.807, 2.05) is 39.0 Å². The minimum Gasteiger partial charge on any atom is -0.444 e. The van der Waals surface area contributed by atoms with Gasteiger partial charge in [0.15, 0.2) is 0 Å². The van der Waals surface area contributed by atoms with Crippen LogP contribution in [0.15, 0.2) is 24.4 Å². The van der Waals surface area contributed by atoms with Crippen molar-refractivity contribution in [3.63, 3.8) is 0 Å². The van der Waals surface area contributed by atoms with Crippen LogP contribution >= 0.6 is 0 Å². The number of nitrogens with one attached hydrogen (secondary N) is 1. The molecular formula is C16H25N3O2. The van der Waals surface area contributed by atoms with Gasteiger partial charge in [-0.15, -0.1) is 0 Å². The minimum absolute atomic E-state index is 0.216. The molecule has 5 nitrogen and oxygen atoms in total. The number of rotatable bonds is 3. The van der Waals surface area contributed by atoms with E-state index in [0.717, 1.165) is 31.6 Å². The number of hydrogen-bond donors (Lipinski definition) is 1. The van der Waals surface area contributed by atoms with Crippen molar-refractivity contribution in [1.82, 2.24) is 15.2 Å². The Morgan fingerprint density at radius 2 is 2.29 bits per heavy atom. The Morgan fingerprint density at radius 3 is 2.95 bits per heavy atom. The van der Waals surface area contributed by atoms with Crippen LogP contribution in [0.2, 0.25) is 0 Å². The number of nitrogens with zero attached hydrogens (tertiary/aromatic N) is 2. The standard InChI is InChI=1S/C16H25N3O2/c1-16(2,3)21-15(20)19-10-6-8-14(12-19)18-11-13-7-4-5-9-17-13/h4-5,7,9,14,18H,6,8,10-12H2,1-3H3/t14-/m0/s1. The molecule has 1 amide bonds. The van der Waals surface area contributed by atoms with Crippen LogP contribution in [-0.2, 0) is 11.3 Å². The van der Waals surface area contributed by atoms with Crippen molar-refractivity contribution in [2.75, 3.05) is 13.1 Å². The van der Waals surface area contributed by atoms with Gasteiger partial charge in [-0.3, -0.25) is 4.98 Å². The molecule has 1 saturated heterocycles. The van der Waals surface area contributed by atoms with Crippen LogP contribution in [0.25, 0.3) is 0 Å². The van der Waals surface area contributed by atoms with E-state index in [4.69, 9.17) is 4.74 Å². The van der Waals surface area contributed by atoms with Crippen LogP contribution in [0, 0.1) is 0 Å². The molecule has 0 aliphatic carbocycles. The summed E-state index contributed by atoms with van der Waals surface area (Å²) in [4.78, 5) is 18.2. The molecule has 5 heteroatoms. The van der Waals surface area contributed by atoms with Crippen LogP contribution < -0.4 is 5.32 Å². The van der Waals surface area contributed by atoms with Gasteiger partial charge in [0.1, 0.15) is 5.60 Å². The SMILES string of the molecule is CC(C)(C)OC(=O)N1CCC[C@H](NCc2ccccn2)C1. The summed E-state index contributed by atoms with van der Waals surface area (Å²) in [6.45, 7) is 7.88. The molecule has 1 fully saturated rings. The summed E-state index contributed by atoms with van der Waals surface area (Å²) in [7, 11) is 0. The van der Waals surface area contributed by atoms with Crippen molar-refractivity contribution in [2.24, 2.45) is 0 Å². The average Bonchev–Trinajstić information content (AvgIpc) is 2.45. The van der Waals surface area contributed by atoms with Gasteiger partial charge in [0.25, 0.3) is 0 Å². The van der Waals surface area contributed by atoms with Crippen LogP contribution in [0.4, 0.5) is 4.79 Å².